The largest absolute Gasteiger partial charge is 0.316 e. The first-order valence-electron chi connectivity index (χ1n) is 14.0. The molecule has 0 saturated heterocycles. The predicted molar refractivity (Wildman–Crippen MR) is 160 cm³/mol. The molecule has 0 aromatic heterocycles. The minimum Gasteiger partial charge on any atom is -0.316 e. The Hall–Kier alpha value is -0.700. The number of benzene rings is 1. The van der Waals surface area contributed by atoms with E-state index in [4.69, 9.17) is 5.73 Å². The fourth-order valence-corrected chi connectivity index (χ4v) is 9.62. The number of hydrogen-bond acceptors (Lipinski definition) is 8. The van der Waals surface area contributed by atoms with E-state index in [0.29, 0.717) is 25.2 Å². The van der Waals surface area contributed by atoms with E-state index in [1.165, 1.54) is 44.9 Å². The van der Waals surface area contributed by atoms with Crippen molar-refractivity contribution in [1.82, 2.24) is 4.90 Å². The summed E-state index contributed by atoms with van der Waals surface area (Å²) >= 11 is 0. The molecule has 1 aromatic carbocycles. The number of unbranched alkanes of at least 4 members (excludes halogenated alkanes) is 9. The van der Waals surface area contributed by atoms with Gasteiger partial charge in [0.05, 0.1) is 6.17 Å². The van der Waals surface area contributed by atoms with Gasteiger partial charge >= 0.3 is 0 Å². The summed E-state index contributed by atoms with van der Waals surface area (Å²) in [6.07, 6.45) is 14.3. The maximum atomic E-state index is 12.1. The summed E-state index contributed by atoms with van der Waals surface area (Å²) in [6, 6.07) is 1.73. The molecule has 0 saturated carbocycles. The van der Waals surface area contributed by atoms with Crippen molar-refractivity contribution in [2.45, 2.75) is 118 Å². The molecular weight excluding hydrogens is 599 g/mol. The lowest BCUT2D eigenvalue weighted by molar-refractivity contribution is 0.183. The SMILES string of the molecule is CCCCCCCCN(CCCPc1ccc(S(=O)(=O)O)c(S(=O)(=O)O)c1S(=O)(=O)O)C(N)CCCCCCC. The van der Waals surface area contributed by atoms with Crippen molar-refractivity contribution in [1.29, 1.82) is 0 Å². The lowest BCUT2D eigenvalue weighted by Gasteiger charge is -2.29. The van der Waals surface area contributed by atoms with Crippen molar-refractivity contribution in [3.63, 3.8) is 0 Å². The van der Waals surface area contributed by atoms with Crippen molar-refractivity contribution < 1.29 is 38.9 Å². The molecule has 0 heterocycles. The Labute approximate surface area is 242 Å². The van der Waals surface area contributed by atoms with Crippen LogP contribution in [-0.4, -0.2) is 69.2 Å². The molecule has 11 nitrogen and oxygen atoms in total. The Kier molecular flexibility index (Phi) is 16.9. The third-order valence-electron chi connectivity index (χ3n) is 6.68. The number of hydrogen-bond donors (Lipinski definition) is 4. The molecule has 0 aliphatic rings. The Morgan fingerprint density at radius 3 is 1.73 bits per heavy atom. The van der Waals surface area contributed by atoms with Crippen LogP contribution in [0.25, 0.3) is 0 Å². The molecule has 0 fully saturated rings. The highest BCUT2D eigenvalue weighted by molar-refractivity contribution is 7.91. The maximum Gasteiger partial charge on any atom is 0.297 e. The van der Waals surface area contributed by atoms with Crippen LogP contribution >= 0.6 is 8.58 Å². The van der Waals surface area contributed by atoms with Gasteiger partial charge in [0.25, 0.3) is 30.4 Å². The molecule has 1 aromatic rings. The van der Waals surface area contributed by atoms with Crippen molar-refractivity contribution in [3.05, 3.63) is 12.1 Å². The minimum atomic E-state index is -5.44. The molecule has 0 aliphatic carbocycles. The molecule has 2 atom stereocenters. The standard InChI is InChI=1S/C25H47N2O9PS3/c1-3-5-7-9-11-13-18-27(23(26)15-12-10-8-6-4-2)19-14-20-37-21-16-17-22(38(28,29)30)25(40(34,35)36)24(21)39(31,32)33/h16-17,23,37H,3-15,18-20,26H2,1-2H3,(H,28,29,30)(H,31,32,33)(H,34,35,36). The fraction of sp³-hybridized carbons (Fsp3) is 0.760. The summed E-state index contributed by atoms with van der Waals surface area (Å²) < 4.78 is 100. The van der Waals surface area contributed by atoms with Gasteiger partial charge in [0.1, 0.15) is 14.7 Å². The van der Waals surface area contributed by atoms with E-state index >= 15 is 0 Å². The highest BCUT2D eigenvalue weighted by atomic mass is 32.2. The van der Waals surface area contributed by atoms with Gasteiger partial charge in [-0.05, 0) is 49.9 Å². The molecule has 0 aliphatic heterocycles. The van der Waals surface area contributed by atoms with E-state index in [1.54, 1.807) is 0 Å². The van der Waals surface area contributed by atoms with Gasteiger partial charge in [-0.1, -0.05) is 92.7 Å². The van der Waals surface area contributed by atoms with Gasteiger partial charge < -0.3 is 5.73 Å². The van der Waals surface area contributed by atoms with Crippen molar-refractivity contribution in [3.8, 4) is 0 Å². The van der Waals surface area contributed by atoms with Crippen LogP contribution in [0, 0.1) is 0 Å². The predicted octanol–water partition coefficient (Wildman–Crippen LogP) is 4.43. The van der Waals surface area contributed by atoms with Gasteiger partial charge in [-0.2, -0.15) is 25.3 Å². The van der Waals surface area contributed by atoms with Crippen LogP contribution in [0.15, 0.2) is 26.8 Å². The molecule has 0 bridgehead atoms. The minimum absolute atomic E-state index is 0.117. The molecule has 5 N–H and O–H groups in total. The lowest BCUT2D eigenvalue weighted by atomic mass is 10.1. The van der Waals surface area contributed by atoms with Crippen LogP contribution in [0.4, 0.5) is 0 Å². The van der Waals surface area contributed by atoms with E-state index in [2.05, 4.69) is 18.7 Å². The van der Waals surface area contributed by atoms with Crippen LogP contribution in [0.1, 0.15) is 97.3 Å². The van der Waals surface area contributed by atoms with E-state index in [9.17, 15) is 38.9 Å². The second kappa shape index (κ2) is 18.1. The van der Waals surface area contributed by atoms with Gasteiger partial charge in [-0.25, -0.2) is 0 Å². The molecule has 0 spiro atoms. The second-order valence-electron chi connectivity index (χ2n) is 10.0. The molecule has 40 heavy (non-hydrogen) atoms. The maximum absolute atomic E-state index is 12.1. The van der Waals surface area contributed by atoms with Gasteiger partial charge in [0.15, 0.2) is 0 Å². The number of rotatable bonds is 22. The first-order chi connectivity index (χ1) is 18.6. The first kappa shape index (κ1) is 37.3. The third-order valence-corrected chi connectivity index (χ3v) is 11.3. The zero-order valence-corrected chi connectivity index (χ0v) is 27.0. The zero-order chi connectivity index (χ0) is 30.4. The Balaban J connectivity index is 2.99. The Morgan fingerprint density at radius 1 is 0.700 bits per heavy atom. The molecular formula is C25H47N2O9PS3. The third kappa shape index (κ3) is 13.5. The average molecular weight is 647 g/mol. The summed E-state index contributed by atoms with van der Waals surface area (Å²) in [6.45, 7) is 5.80. The summed E-state index contributed by atoms with van der Waals surface area (Å²) in [5, 5.41) is -0.162. The summed E-state index contributed by atoms with van der Waals surface area (Å²) in [5.41, 5.74) is 6.54. The van der Waals surface area contributed by atoms with Gasteiger partial charge in [0.2, 0.25) is 0 Å². The highest BCUT2D eigenvalue weighted by Crippen LogP contribution is 2.31. The van der Waals surface area contributed by atoms with E-state index in [1.807, 2.05) is 0 Å². The van der Waals surface area contributed by atoms with E-state index < -0.39 is 45.0 Å². The summed E-state index contributed by atoms with van der Waals surface area (Å²) in [5.74, 6) is 0. The van der Waals surface area contributed by atoms with Gasteiger partial charge in [-0.15, -0.1) is 0 Å². The lowest BCUT2D eigenvalue weighted by Crippen LogP contribution is -2.43. The van der Waals surface area contributed by atoms with Crippen molar-refractivity contribution in [2.75, 3.05) is 19.3 Å². The quantitative estimate of drug-likeness (QED) is 0.0603. The summed E-state index contributed by atoms with van der Waals surface area (Å²) in [4.78, 5) is -1.90. The molecule has 0 amide bonds. The van der Waals surface area contributed by atoms with Crippen LogP contribution in [0.2, 0.25) is 0 Å². The van der Waals surface area contributed by atoms with Gasteiger partial charge in [0, 0.05) is 0 Å². The molecule has 234 valence electrons. The Bertz CT molecular complexity index is 1220. The molecule has 0 radical (unpaired) electrons. The molecule has 1 rings (SSSR count). The van der Waals surface area contributed by atoms with E-state index in [0.717, 1.165) is 44.7 Å². The number of nitrogens with zero attached hydrogens (tertiary/aromatic N) is 1. The first-order valence-corrected chi connectivity index (χ1v) is 19.5. The zero-order valence-electron chi connectivity index (χ0n) is 23.6. The van der Waals surface area contributed by atoms with Crippen LogP contribution < -0.4 is 11.0 Å². The van der Waals surface area contributed by atoms with Gasteiger partial charge in [-0.3, -0.25) is 18.6 Å². The normalized spacial score (nSPS) is 14.0. The van der Waals surface area contributed by atoms with Crippen LogP contribution in [-0.2, 0) is 30.4 Å². The van der Waals surface area contributed by atoms with Crippen molar-refractivity contribution in [2.24, 2.45) is 5.73 Å². The molecule has 15 heteroatoms. The average Bonchev–Trinajstić information content (AvgIpc) is 2.84. The highest BCUT2D eigenvalue weighted by Gasteiger charge is 2.34. The number of nitrogens with two attached hydrogens (primary N) is 1. The summed E-state index contributed by atoms with van der Waals surface area (Å²) in [7, 11) is -16.3. The van der Waals surface area contributed by atoms with Crippen LogP contribution in [0.3, 0.4) is 0 Å². The fourth-order valence-electron chi connectivity index (χ4n) is 4.57. The second-order valence-corrected chi connectivity index (χ2v) is 15.5. The monoisotopic (exact) mass is 646 g/mol. The smallest absolute Gasteiger partial charge is 0.297 e. The van der Waals surface area contributed by atoms with Crippen molar-refractivity contribution >= 4 is 44.2 Å². The van der Waals surface area contributed by atoms with Crippen LogP contribution in [0.5, 0.6) is 0 Å². The van der Waals surface area contributed by atoms with E-state index in [-0.39, 0.29) is 20.1 Å². The topological polar surface area (TPSA) is 192 Å². The Morgan fingerprint density at radius 2 is 1.20 bits per heavy atom. The molecule has 2 unspecified atom stereocenters.